The summed E-state index contributed by atoms with van der Waals surface area (Å²) in [6.45, 7) is 4.35. The fourth-order valence-corrected chi connectivity index (χ4v) is 7.98. The Bertz CT molecular complexity index is 1860. The number of aromatic nitrogens is 2. The number of anilines is 1. The third-order valence-corrected chi connectivity index (χ3v) is 11.2. The minimum absolute atomic E-state index is 0.0961. The highest BCUT2D eigenvalue weighted by molar-refractivity contribution is 7.58. The van der Waals surface area contributed by atoms with Crippen LogP contribution in [0.1, 0.15) is 43.7 Å². The summed E-state index contributed by atoms with van der Waals surface area (Å²) < 4.78 is 72.7. The molecule has 4 atom stereocenters. The van der Waals surface area contributed by atoms with Gasteiger partial charge >= 0.3 is 13.3 Å². The molecule has 51 heavy (non-hydrogen) atoms. The molecule has 5 rings (SSSR count). The fraction of sp³-hybridized carbons (Fsp3) is 0.351. The second-order valence-electron chi connectivity index (χ2n) is 11.8. The lowest BCUT2D eigenvalue weighted by Gasteiger charge is -2.37. The molecule has 1 aliphatic rings. The number of ether oxygens (including phenoxy) is 3. The minimum Gasteiger partial charge on any atom is -0.497 e. The van der Waals surface area contributed by atoms with Crippen LogP contribution in [-0.4, -0.2) is 54.6 Å². The van der Waals surface area contributed by atoms with Crippen molar-refractivity contribution in [3.63, 3.8) is 0 Å². The number of hydrogen-bond donors (Lipinski definition) is 1. The first kappa shape index (κ1) is 38.2. The third-order valence-electron chi connectivity index (χ3n) is 8.97. The first-order chi connectivity index (χ1) is 24.5. The fourth-order valence-electron chi connectivity index (χ4n) is 6.22. The van der Waals surface area contributed by atoms with Crippen molar-refractivity contribution in [3.05, 3.63) is 130 Å². The minimum atomic E-state index is -4.35. The molecule has 1 fully saturated rings. The first-order valence-corrected chi connectivity index (χ1v) is 18.5. The zero-order valence-electron chi connectivity index (χ0n) is 28.9. The molecule has 1 aliphatic heterocycles. The van der Waals surface area contributed by atoms with Gasteiger partial charge in [-0.1, -0.05) is 61.5 Å². The smallest absolute Gasteiger partial charge is 0.389 e. The highest BCUT2D eigenvalue weighted by Gasteiger charge is 2.54. The lowest BCUT2D eigenvalue weighted by atomic mass is 9.77. The third kappa shape index (κ3) is 7.47. The molecule has 0 bridgehead atoms. The van der Waals surface area contributed by atoms with Crippen LogP contribution in [0.4, 0.5) is 14.6 Å². The van der Waals surface area contributed by atoms with Gasteiger partial charge in [0.2, 0.25) is 5.57 Å². The number of nitrogens with one attached hydrogen (secondary N) is 1. The molecule has 272 valence electrons. The average Bonchev–Trinajstić information content (AvgIpc) is 3.39. The van der Waals surface area contributed by atoms with Gasteiger partial charge in [0, 0.05) is 12.1 Å². The largest absolute Gasteiger partial charge is 0.497 e. The summed E-state index contributed by atoms with van der Waals surface area (Å²) in [5.74, 6) is 0.00955. The number of benzene rings is 3. The quantitative estimate of drug-likeness (QED) is 0.0732. The molecule has 1 aromatic heterocycles. The van der Waals surface area contributed by atoms with Crippen molar-refractivity contribution in [2.24, 2.45) is 5.92 Å². The molecule has 0 aliphatic carbocycles. The van der Waals surface area contributed by atoms with Crippen LogP contribution in [0.15, 0.2) is 108 Å². The van der Waals surface area contributed by atoms with E-state index in [0.29, 0.717) is 11.5 Å². The van der Waals surface area contributed by atoms with Gasteiger partial charge in [0.15, 0.2) is 12.4 Å². The Labute approximate surface area is 300 Å². The van der Waals surface area contributed by atoms with Crippen LogP contribution in [0.25, 0.3) is 0 Å². The molecule has 0 amide bonds. The van der Waals surface area contributed by atoms with Crippen LogP contribution < -0.4 is 20.5 Å². The van der Waals surface area contributed by atoms with Crippen LogP contribution in [0.3, 0.4) is 0 Å². The molecule has 4 aromatic rings. The molecule has 0 unspecified atom stereocenters. The summed E-state index contributed by atoms with van der Waals surface area (Å²) in [6, 6.07) is 26.2. The van der Waals surface area contributed by atoms with Gasteiger partial charge in [0.1, 0.15) is 28.5 Å². The second-order valence-corrected chi connectivity index (χ2v) is 14.0. The van der Waals surface area contributed by atoms with Crippen molar-refractivity contribution in [3.8, 4) is 11.5 Å². The molecule has 3 aromatic carbocycles. The normalized spacial score (nSPS) is 21.0. The van der Waals surface area contributed by atoms with Gasteiger partial charge in [-0.3, -0.25) is 9.13 Å². The maximum atomic E-state index is 16.0. The Balaban J connectivity index is 1.57. The lowest BCUT2D eigenvalue weighted by Crippen LogP contribution is -2.40. The summed E-state index contributed by atoms with van der Waals surface area (Å²) in [6.07, 6.45) is -1.16. The summed E-state index contributed by atoms with van der Waals surface area (Å²) in [7, 11) is -1.18. The monoisotopic (exact) mass is 743 g/mol. The topological polar surface area (TPSA) is 110 Å². The van der Waals surface area contributed by atoms with E-state index < -0.39 is 54.2 Å². The van der Waals surface area contributed by atoms with E-state index in [1.54, 1.807) is 14.2 Å². The zero-order chi connectivity index (χ0) is 36.8. The second kappa shape index (κ2) is 16.1. The molecule has 2 heterocycles. The summed E-state index contributed by atoms with van der Waals surface area (Å²) >= 11 is 6.27. The molecular weight excluding hydrogens is 703 g/mol. The van der Waals surface area contributed by atoms with Crippen molar-refractivity contribution >= 4 is 25.0 Å². The Morgan fingerprint density at radius 2 is 1.49 bits per heavy atom. The van der Waals surface area contributed by atoms with Crippen molar-refractivity contribution in [2.75, 3.05) is 38.6 Å². The molecule has 14 heteroatoms. The van der Waals surface area contributed by atoms with Crippen molar-refractivity contribution < 1.29 is 36.6 Å². The van der Waals surface area contributed by atoms with Crippen LogP contribution in [0, 0.1) is 5.92 Å². The summed E-state index contributed by atoms with van der Waals surface area (Å²) in [5, 5.41) is 3.51. The molecule has 1 N–H and O–H groups in total. The van der Waals surface area contributed by atoms with Crippen LogP contribution in [-0.2, 0) is 23.9 Å². The van der Waals surface area contributed by atoms with E-state index in [0.717, 1.165) is 27.3 Å². The van der Waals surface area contributed by atoms with E-state index in [2.05, 4.69) is 10.3 Å². The van der Waals surface area contributed by atoms with E-state index in [1.165, 1.54) is 33.0 Å². The Morgan fingerprint density at radius 3 is 1.96 bits per heavy atom. The maximum Gasteiger partial charge on any atom is 0.389 e. The standard InChI is InChI=1S/C37H41ClF2N3O7P/c1-6-48-51(45,49-7-2)31(39)23-36(24-38)25(3)33(40)34(50-36)43-22-21-32(41-35(43)44)42-37(26-11-9-8-10-12-26,27-13-17-29(46-4)18-14-27)28-15-19-30(47-5)20-16-28/h8-23,25,33-34H,6-7,24H2,1-5H3,(H,41,42,44)/b31-23+/t25-,33+,34+,36-/m0/s1. The van der Waals surface area contributed by atoms with Gasteiger partial charge in [-0.25, -0.2) is 9.18 Å². The SMILES string of the molecule is CCOP(=O)(OCC)/C(F)=C/[C@@]1(CCl)O[C@@H](n2ccc(NC(c3ccccc3)(c3ccc(OC)cc3)c3ccc(OC)cc3)nc2=O)[C@H](F)[C@@H]1C. The zero-order valence-corrected chi connectivity index (χ0v) is 30.6. The molecule has 10 nitrogen and oxygen atoms in total. The van der Waals surface area contributed by atoms with Crippen molar-refractivity contribution in [2.45, 2.75) is 44.3 Å². The van der Waals surface area contributed by atoms with Gasteiger partial charge in [-0.2, -0.15) is 9.37 Å². The molecule has 0 saturated carbocycles. The number of nitrogens with zero attached hydrogens (tertiary/aromatic N) is 2. The molecule has 0 spiro atoms. The predicted octanol–water partition coefficient (Wildman–Crippen LogP) is 8.22. The van der Waals surface area contributed by atoms with E-state index in [9.17, 15) is 9.36 Å². The van der Waals surface area contributed by atoms with Gasteiger partial charge < -0.3 is 28.6 Å². The molecular formula is C37H41ClF2N3O7P. The van der Waals surface area contributed by atoms with Crippen LogP contribution in [0.2, 0.25) is 0 Å². The molecule has 0 radical (unpaired) electrons. The Morgan fingerprint density at radius 1 is 0.961 bits per heavy atom. The van der Waals surface area contributed by atoms with Crippen molar-refractivity contribution in [1.82, 2.24) is 9.55 Å². The Hall–Kier alpha value is -4.06. The number of methoxy groups -OCH3 is 2. The molecule has 1 saturated heterocycles. The van der Waals surface area contributed by atoms with Gasteiger partial charge in [0.05, 0.1) is 33.3 Å². The number of rotatable bonds is 15. The van der Waals surface area contributed by atoms with Gasteiger partial charge in [-0.15, -0.1) is 11.6 Å². The highest BCUT2D eigenvalue weighted by Crippen LogP contribution is 2.58. The summed E-state index contributed by atoms with van der Waals surface area (Å²) in [4.78, 5) is 18.0. The lowest BCUT2D eigenvalue weighted by molar-refractivity contribution is -0.0518. The first-order valence-electron chi connectivity index (χ1n) is 16.4. The Kier molecular flexibility index (Phi) is 12.0. The van der Waals surface area contributed by atoms with Crippen LogP contribution in [0.5, 0.6) is 11.5 Å². The average molecular weight is 744 g/mol. The highest BCUT2D eigenvalue weighted by atomic mass is 35.5. The predicted molar refractivity (Wildman–Crippen MR) is 192 cm³/mol. The number of alkyl halides is 2. The van der Waals surface area contributed by atoms with Crippen LogP contribution >= 0.6 is 19.2 Å². The van der Waals surface area contributed by atoms with E-state index >= 15 is 8.78 Å². The van der Waals surface area contributed by atoms with E-state index in [-0.39, 0.29) is 19.0 Å². The summed E-state index contributed by atoms with van der Waals surface area (Å²) in [5.41, 5.74) is -2.53. The van der Waals surface area contributed by atoms with E-state index in [4.69, 9.17) is 34.9 Å². The van der Waals surface area contributed by atoms with Crippen molar-refractivity contribution in [1.29, 1.82) is 0 Å². The number of hydrogen-bond acceptors (Lipinski definition) is 9. The van der Waals surface area contributed by atoms with E-state index in [1.807, 2.05) is 78.9 Å². The van der Waals surface area contributed by atoms with Gasteiger partial charge in [0.25, 0.3) is 0 Å². The number of halogens is 3. The maximum absolute atomic E-state index is 16.0. The van der Waals surface area contributed by atoms with Gasteiger partial charge in [-0.05, 0) is 66.9 Å².